The van der Waals surface area contributed by atoms with Gasteiger partial charge in [0.05, 0.1) is 0 Å². The van der Waals surface area contributed by atoms with Gasteiger partial charge in [-0.3, -0.25) is 4.98 Å². The van der Waals surface area contributed by atoms with E-state index in [1.165, 1.54) is 6.07 Å². The molecule has 3 aliphatic heterocycles. The second-order valence-corrected chi connectivity index (χ2v) is 5.69. The van der Waals surface area contributed by atoms with Gasteiger partial charge in [0.25, 0.3) is 0 Å². The SMILES string of the molecule is O=C(NCc1ccnc(C(F)(F)F)c1)N1CC2CCC1CN2. The number of amides is 2. The van der Waals surface area contributed by atoms with E-state index in [1.54, 1.807) is 4.90 Å². The normalized spacial score (nSPS) is 24.4. The van der Waals surface area contributed by atoms with Gasteiger partial charge in [-0.2, -0.15) is 13.2 Å². The van der Waals surface area contributed by atoms with E-state index in [-0.39, 0.29) is 18.6 Å². The van der Waals surface area contributed by atoms with E-state index in [2.05, 4.69) is 15.6 Å². The molecular formula is C14H17F3N4O. The average Bonchev–Trinajstić information content (AvgIpc) is 2.53. The molecule has 0 aromatic carbocycles. The predicted octanol–water partition coefficient (Wildman–Crippen LogP) is 1.75. The number of hydrogen-bond donors (Lipinski definition) is 2. The summed E-state index contributed by atoms with van der Waals surface area (Å²) in [5.41, 5.74) is -0.559. The highest BCUT2D eigenvalue weighted by Crippen LogP contribution is 2.27. The van der Waals surface area contributed by atoms with Crippen molar-refractivity contribution in [3.05, 3.63) is 29.6 Å². The highest BCUT2D eigenvalue weighted by molar-refractivity contribution is 5.75. The number of alkyl halides is 3. The number of halogens is 3. The van der Waals surface area contributed by atoms with Gasteiger partial charge in [0.15, 0.2) is 0 Å². The summed E-state index contributed by atoms with van der Waals surface area (Å²) in [5.74, 6) is 0. The number of nitrogens with zero attached hydrogens (tertiary/aromatic N) is 2. The molecule has 1 aromatic heterocycles. The van der Waals surface area contributed by atoms with Crippen LogP contribution in [-0.4, -0.2) is 41.1 Å². The maximum absolute atomic E-state index is 12.6. The van der Waals surface area contributed by atoms with E-state index in [9.17, 15) is 18.0 Å². The number of carbonyl (C=O) groups excluding carboxylic acids is 1. The van der Waals surface area contributed by atoms with Crippen LogP contribution in [0.4, 0.5) is 18.0 Å². The van der Waals surface area contributed by atoms with Gasteiger partial charge < -0.3 is 15.5 Å². The molecule has 5 nitrogen and oxygen atoms in total. The van der Waals surface area contributed by atoms with Crippen molar-refractivity contribution in [2.24, 2.45) is 0 Å². The maximum Gasteiger partial charge on any atom is 0.433 e. The molecular weight excluding hydrogens is 297 g/mol. The largest absolute Gasteiger partial charge is 0.433 e. The highest BCUT2D eigenvalue weighted by atomic mass is 19.4. The summed E-state index contributed by atoms with van der Waals surface area (Å²) in [5, 5.41) is 6.04. The Labute approximate surface area is 125 Å². The molecule has 0 saturated carbocycles. The summed E-state index contributed by atoms with van der Waals surface area (Å²) in [6.45, 7) is 1.50. The van der Waals surface area contributed by atoms with E-state index in [0.717, 1.165) is 31.6 Å². The Hall–Kier alpha value is -1.83. The van der Waals surface area contributed by atoms with Crippen LogP contribution in [0.15, 0.2) is 18.3 Å². The van der Waals surface area contributed by atoms with Gasteiger partial charge in [0.2, 0.25) is 0 Å². The molecule has 2 N–H and O–H groups in total. The van der Waals surface area contributed by atoms with E-state index in [1.807, 2.05) is 0 Å². The summed E-state index contributed by atoms with van der Waals surface area (Å²) in [4.78, 5) is 17.3. The molecule has 2 amide bonds. The predicted molar refractivity (Wildman–Crippen MR) is 73.0 cm³/mol. The third kappa shape index (κ3) is 3.16. The Morgan fingerprint density at radius 1 is 1.45 bits per heavy atom. The molecule has 22 heavy (non-hydrogen) atoms. The first-order valence-electron chi connectivity index (χ1n) is 7.23. The van der Waals surface area contributed by atoms with E-state index < -0.39 is 11.9 Å². The molecule has 8 heteroatoms. The third-order valence-corrected chi connectivity index (χ3v) is 4.17. The van der Waals surface area contributed by atoms with Crippen LogP contribution in [-0.2, 0) is 12.7 Å². The van der Waals surface area contributed by atoms with Gasteiger partial charge >= 0.3 is 12.2 Å². The van der Waals surface area contributed by atoms with Crippen LogP contribution in [0.2, 0.25) is 0 Å². The minimum atomic E-state index is -4.47. The lowest BCUT2D eigenvalue weighted by atomic mass is 9.93. The van der Waals surface area contributed by atoms with E-state index in [0.29, 0.717) is 18.2 Å². The van der Waals surface area contributed by atoms with Crippen molar-refractivity contribution in [1.29, 1.82) is 0 Å². The molecule has 4 rings (SSSR count). The molecule has 0 spiro atoms. The Morgan fingerprint density at radius 3 is 2.86 bits per heavy atom. The Bertz CT molecular complexity index is 555. The lowest BCUT2D eigenvalue weighted by Gasteiger charge is -2.45. The first-order valence-corrected chi connectivity index (χ1v) is 7.23. The van der Waals surface area contributed by atoms with Gasteiger partial charge in [-0.25, -0.2) is 4.79 Å². The van der Waals surface area contributed by atoms with E-state index in [4.69, 9.17) is 0 Å². The number of fused-ring (bicyclic) bond motifs is 3. The van der Waals surface area contributed by atoms with Gasteiger partial charge in [-0.1, -0.05) is 0 Å². The number of hydrogen-bond acceptors (Lipinski definition) is 3. The van der Waals surface area contributed by atoms with Crippen molar-refractivity contribution in [1.82, 2.24) is 20.5 Å². The van der Waals surface area contributed by atoms with Crippen molar-refractivity contribution >= 4 is 6.03 Å². The minimum Gasteiger partial charge on any atom is -0.334 e. The first-order chi connectivity index (χ1) is 10.4. The fraction of sp³-hybridized carbons (Fsp3) is 0.571. The molecule has 0 radical (unpaired) electrons. The second-order valence-electron chi connectivity index (χ2n) is 5.69. The zero-order chi connectivity index (χ0) is 15.7. The monoisotopic (exact) mass is 314 g/mol. The Balaban J connectivity index is 1.59. The van der Waals surface area contributed by atoms with Gasteiger partial charge in [0.1, 0.15) is 5.69 Å². The van der Waals surface area contributed by atoms with Crippen LogP contribution in [0, 0.1) is 0 Å². The maximum atomic E-state index is 12.6. The summed E-state index contributed by atoms with van der Waals surface area (Å²) < 4.78 is 37.8. The van der Waals surface area contributed by atoms with Gasteiger partial charge in [0, 0.05) is 37.9 Å². The van der Waals surface area contributed by atoms with Crippen molar-refractivity contribution in [3.8, 4) is 0 Å². The number of carbonyl (C=O) groups is 1. The highest BCUT2D eigenvalue weighted by Gasteiger charge is 2.36. The van der Waals surface area contributed by atoms with Gasteiger partial charge in [-0.15, -0.1) is 0 Å². The Morgan fingerprint density at radius 2 is 2.27 bits per heavy atom. The number of aromatic nitrogens is 1. The van der Waals surface area contributed by atoms with Gasteiger partial charge in [-0.05, 0) is 30.5 Å². The number of rotatable bonds is 2. The summed E-state index contributed by atoms with van der Waals surface area (Å²) in [6.07, 6.45) is -1.33. The molecule has 120 valence electrons. The van der Waals surface area contributed by atoms with E-state index >= 15 is 0 Å². The summed E-state index contributed by atoms with van der Waals surface area (Å²) in [7, 11) is 0. The molecule has 3 fully saturated rings. The standard InChI is InChI=1S/C14H17F3N4O/c15-14(16,17)12-5-9(3-4-18-12)6-20-13(22)21-8-10-1-2-11(21)7-19-10/h3-5,10-11,19H,1-2,6-8H2,(H,20,22). The minimum absolute atomic E-state index is 0.0613. The summed E-state index contributed by atoms with van der Waals surface area (Å²) in [6, 6.07) is 2.71. The van der Waals surface area contributed by atoms with Crippen molar-refractivity contribution < 1.29 is 18.0 Å². The number of pyridine rings is 1. The smallest absolute Gasteiger partial charge is 0.334 e. The number of nitrogens with one attached hydrogen (secondary N) is 2. The average molecular weight is 314 g/mol. The summed E-state index contributed by atoms with van der Waals surface area (Å²) >= 11 is 0. The zero-order valence-electron chi connectivity index (χ0n) is 11.9. The van der Waals surface area contributed by atoms with Crippen molar-refractivity contribution in [3.63, 3.8) is 0 Å². The molecule has 1 aromatic rings. The molecule has 4 heterocycles. The first kappa shape index (κ1) is 15.1. The molecule has 2 bridgehead atoms. The second kappa shape index (κ2) is 5.75. The van der Waals surface area contributed by atoms with Crippen LogP contribution in [0.25, 0.3) is 0 Å². The van der Waals surface area contributed by atoms with Crippen LogP contribution in [0.5, 0.6) is 0 Å². The quantitative estimate of drug-likeness (QED) is 0.874. The van der Waals surface area contributed by atoms with Crippen LogP contribution < -0.4 is 10.6 Å². The number of piperidine rings is 2. The fourth-order valence-corrected chi connectivity index (χ4v) is 2.98. The van der Waals surface area contributed by atoms with Crippen LogP contribution in [0.3, 0.4) is 0 Å². The van der Waals surface area contributed by atoms with Crippen LogP contribution >= 0.6 is 0 Å². The molecule has 2 unspecified atom stereocenters. The lowest BCUT2D eigenvalue weighted by molar-refractivity contribution is -0.141. The zero-order valence-corrected chi connectivity index (χ0v) is 11.9. The third-order valence-electron chi connectivity index (χ3n) is 4.17. The van der Waals surface area contributed by atoms with Crippen LogP contribution in [0.1, 0.15) is 24.1 Å². The molecule has 3 saturated heterocycles. The topological polar surface area (TPSA) is 57.3 Å². The Kier molecular flexibility index (Phi) is 3.94. The van der Waals surface area contributed by atoms with Crippen molar-refractivity contribution in [2.75, 3.05) is 13.1 Å². The number of urea groups is 1. The molecule has 0 aliphatic carbocycles. The fourth-order valence-electron chi connectivity index (χ4n) is 2.98. The molecule has 3 aliphatic rings. The lowest BCUT2D eigenvalue weighted by Crippen LogP contribution is -2.63. The molecule has 2 atom stereocenters. The number of piperazine rings is 1. The van der Waals surface area contributed by atoms with Crippen molar-refractivity contribution in [2.45, 2.75) is 37.6 Å².